The number of hydrogen-bond acceptors (Lipinski definition) is 3. The smallest absolute Gasteiger partial charge is 0.238 e. The Hall–Kier alpha value is -2.52. The second-order valence-corrected chi connectivity index (χ2v) is 7.03. The zero-order valence-electron chi connectivity index (χ0n) is 15.7. The predicted octanol–water partition coefficient (Wildman–Crippen LogP) is 3.45. The number of anilines is 1. The van der Waals surface area contributed by atoms with Crippen molar-refractivity contribution in [3.8, 4) is 0 Å². The van der Waals surface area contributed by atoms with E-state index >= 15 is 0 Å². The second kappa shape index (κ2) is 8.87. The van der Waals surface area contributed by atoms with Crippen LogP contribution in [0, 0.1) is 36.0 Å². The Kier molecular flexibility index (Phi) is 6.49. The van der Waals surface area contributed by atoms with Gasteiger partial charge in [-0.15, -0.1) is 0 Å². The number of carbonyl (C=O) groups is 1. The fourth-order valence-electron chi connectivity index (χ4n) is 3.27. The minimum atomic E-state index is -2.26. The molecule has 0 atom stereocenters. The molecule has 0 unspecified atom stereocenters. The summed E-state index contributed by atoms with van der Waals surface area (Å²) in [6.07, 6.45) is 0. The molecule has 156 valence electrons. The first-order valence-corrected chi connectivity index (χ1v) is 9.07. The monoisotopic (exact) mass is 413 g/mol. The van der Waals surface area contributed by atoms with Gasteiger partial charge in [-0.05, 0) is 12.5 Å². The van der Waals surface area contributed by atoms with E-state index in [4.69, 9.17) is 0 Å². The summed E-state index contributed by atoms with van der Waals surface area (Å²) in [6, 6.07) is 8.15. The third-order valence-electron chi connectivity index (χ3n) is 4.80. The topological polar surface area (TPSA) is 35.6 Å². The zero-order chi connectivity index (χ0) is 21.1. The summed E-state index contributed by atoms with van der Waals surface area (Å²) in [5.41, 5.74) is 1.03. The highest BCUT2D eigenvalue weighted by molar-refractivity contribution is 5.92. The Morgan fingerprint density at radius 1 is 0.897 bits per heavy atom. The van der Waals surface area contributed by atoms with Crippen LogP contribution in [0.5, 0.6) is 0 Å². The van der Waals surface area contributed by atoms with Gasteiger partial charge >= 0.3 is 0 Å². The first-order valence-electron chi connectivity index (χ1n) is 9.07. The van der Waals surface area contributed by atoms with E-state index < -0.39 is 40.7 Å². The molecule has 1 fully saturated rings. The van der Waals surface area contributed by atoms with Crippen LogP contribution in [0.4, 0.5) is 27.6 Å². The summed E-state index contributed by atoms with van der Waals surface area (Å²) >= 11 is 0. The van der Waals surface area contributed by atoms with Crippen LogP contribution in [0.25, 0.3) is 0 Å². The van der Waals surface area contributed by atoms with Gasteiger partial charge in [0, 0.05) is 32.7 Å². The number of aryl methyl sites for hydroxylation is 1. The van der Waals surface area contributed by atoms with E-state index in [1.54, 1.807) is 10.2 Å². The molecule has 0 bridgehead atoms. The number of halogens is 5. The van der Waals surface area contributed by atoms with E-state index in [0.29, 0.717) is 26.2 Å². The molecule has 9 heteroatoms. The largest absolute Gasteiger partial charge is 0.320 e. The fraction of sp³-hybridized carbons (Fsp3) is 0.350. The van der Waals surface area contributed by atoms with Gasteiger partial charge in [-0.1, -0.05) is 29.8 Å². The summed E-state index contributed by atoms with van der Waals surface area (Å²) in [5, 5.41) is 1.80. The third-order valence-corrected chi connectivity index (χ3v) is 4.80. The number of benzene rings is 2. The molecule has 1 heterocycles. The van der Waals surface area contributed by atoms with Gasteiger partial charge in [-0.25, -0.2) is 22.0 Å². The maximum atomic E-state index is 13.7. The van der Waals surface area contributed by atoms with Gasteiger partial charge in [0.1, 0.15) is 5.69 Å². The third kappa shape index (κ3) is 4.91. The van der Waals surface area contributed by atoms with Gasteiger partial charge in [-0.3, -0.25) is 14.6 Å². The Labute approximate surface area is 164 Å². The van der Waals surface area contributed by atoms with Crippen molar-refractivity contribution in [2.75, 3.05) is 38.0 Å². The van der Waals surface area contributed by atoms with Crippen LogP contribution in [0.1, 0.15) is 11.1 Å². The number of nitrogens with one attached hydrogen (secondary N) is 1. The van der Waals surface area contributed by atoms with Gasteiger partial charge in [0.2, 0.25) is 11.7 Å². The molecule has 2 aromatic carbocycles. The standard InChI is InChI=1S/C20H20F5N3O/c1-12-3-2-4-13(9-12)10-27-5-7-28(8-6-27)11-14(29)26-20-18(24)16(22)15(21)17(23)19(20)25/h2-4,9H,5-8,10-11H2,1H3,(H,26,29). The normalized spacial score (nSPS) is 15.5. The van der Waals surface area contributed by atoms with Crippen molar-refractivity contribution < 1.29 is 26.7 Å². The van der Waals surface area contributed by atoms with Crippen LogP contribution < -0.4 is 5.32 Å². The average Bonchev–Trinajstić information content (AvgIpc) is 2.70. The maximum absolute atomic E-state index is 13.7. The lowest BCUT2D eigenvalue weighted by molar-refractivity contribution is -0.117. The molecule has 0 aromatic heterocycles. The second-order valence-electron chi connectivity index (χ2n) is 7.03. The molecular formula is C20H20F5N3O. The van der Waals surface area contributed by atoms with Crippen LogP contribution >= 0.6 is 0 Å². The molecule has 0 saturated carbocycles. The van der Waals surface area contributed by atoms with Crippen molar-refractivity contribution >= 4 is 11.6 Å². The van der Waals surface area contributed by atoms with Gasteiger partial charge in [-0.2, -0.15) is 0 Å². The molecule has 1 aliphatic heterocycles. The molecule has 1 saturated heterocycles. The lowest BCUT2D eigenvalue weighted by Gasteiger charge is -2.34. The minimum Gasteiger partial charge on any atom is -0.320 e. The van der Waals surface area contributed by atoms with E-state index in [9.17, 15) is 26.7 Å². The number of rotatable bonds is 5. The zero-order valence-corrected chi connectivity index (χ0v) is 15.7. The van der Waals surface area contributed by atoms with E-state index in [-0.39, 0.29) is 6.54 Å². The predicted molar refractivity (Wildman–Crippen MR) is 97.8 cm³/mol. The molecule has 4 nitrogen and oxygen atoms in total. The number of nitrogens with zero attached hydrogens (tertiary/aromatic N) is 2. The molecule has 1 aliphatic rings. The van der Waals surface area contributed by atoms with Crippen LogP contribution in [0.15, 0.2) is 24.3 Å². The molecule has 2 aromatic rings. The Bertz CT molecular complexity index is 884. The Morgan fingerprint density at radius 3 is 2.03 bits per heavy atom. The van der Waals surface area contributed by atoms with Gasteiger partial charge < -0.3 is 5.32 Å². The number of carbonyl (C=O) groups excluding carboxylic acids is 1. The lowest BCUT2D eigenvalue weighted by atomic mass is 10.1. The van der Waals surface area contributed by atoms with Crippen molar-refractivity contribution in [2.45, 2.75) is 13.5 Å². The summed E-state index contributed by atoms with van der Waals surface area (Å²) in [4.78, 5) is 16.0. The summed E-state index contributed by atoms with van der Waals surface area (Å²) in [7, 11) is 0. The van der Waals surface area contributed by atoms with E-state index in [1.165, 1.54) is 11.1 Å². The summed E-state index contributed by atoms with van der Waals surface area (Å²) in [5.74, 6) is -11.4. The Morgan fingerprint density at radius 2 is 1.45 bits per heavy atom. The van der Waals surface area contributed by atoms with Gasteiger partial charge in [0.25, 0.3) is 0 Å². The van der Waals surface area contributed by atoms with Gasteiger partial charge in [0.15, 0.2) is 23.3 Å². The first-order chi connectivity index (χ1) is 13.8. The molecule has 29 heavy (non-hydrogen) atoms. The molecular weight excluding hydrogens is 393 g/mol. The maximum Gasteiger partial charge on any atom is 0.238 e. The Balaban J connectivity index is 1.54. The van der Waals surface area contributed by atoms with Crippen LogP contribution in [-0.4, -0.2) is 48.4 Å². The molecule has 1 N–H and O–H groups in total. The van der Waals surface area contributed by atoms with Crippen LogP contribution in [-0.2, 0) is 11.3 Å². The lowest BCUT2D eigenvalue weighted by Crippen LogP contribution is -2.48. The van der Waals surface area contributed by atoms with Crippen LogP contribution in [0.3, 0.4) is 0 Å². The quantitative estimate of drug-likeness (QED) is 0.464. The SMILES string of the molecule is Cc1cccc(CN2CCN(CC(=O)Nc3c(F)c(F)c(F)c(F)c3F)CC2)c1. The van der Waals surface area contributed by atoms with Crippen molar-refractivity contribution in [3.63, 3.8) is 0 Å². The molecule has 0 radical (unpaired) electrons. The van der Waals surface area contributed by atoms with Crippen molar-refractivity contribution in [3.05, 3.63) is 64.5 Å². The van der Waals surface area contributed by atoms with E-state index in [1.807, 2.05) is 25.1 Å². The van der Waals surface area contributed by atoms with E-state index in [0.717, 1.165) is 6.54 Å². The average molecular weight is 413 g/mol. The number of piperazine rings is 1. The molecule has 0 spiro atoms. The summed E-state index contributed by atoms with van der Waals surface area (Å²) < 4.78 is 66.9. The summed E-state index contributed by atoms with van der Waals surface area (Å²) in [6.45, 7) is 5.02. The van der Waals surface area contributed by atoms with Gasteiger partial charge in [0.05, 0.1) is 6.54 Å². The number of hydrogen-bond donors (Lipinski definition) is 1. The van der Waals surface area contributed by atoms with E-state index in [2.05, 4.69) is 11.0 Å². The highest BCUT2D eigenvalue weighted by Gasteiger charge is 2.27. The molecule has 3 rings (SSSR count). The van der Waals surface area contributed by atoms with Crippen molar-refractivity contribution in [1.29, 1.82) is 0 Å². The van der Waals surface area contributed by atoms with Crippen molar-refractivity contribution in [1.82, 2.24) is 9.80 Å². The minimum absolute atomic E-state index is 0.211. The highest BCUT2D eigenvalue weighted by atomic mass is 19.2. The molecule has 0 aliphatic carbocycles. The number of amides is 1. The highest BCUT2D eigenvalue weighted by Crippen LogP contribution is 2.27. The van der Waals surface area contributed by atoms with Crippen molar-refractivity contribution in [2.24, 2.45) is 0 Å². The van der Waals surface area contributed by atoms with Crippen LogP contribution in [0.2, 0.25) is 0 Å². The first kappa shape index (κ1) is 21.2. The fourth-order valence-corrected chi connectivity index (χ4v) is 3.27. The molecule has 1 amide bonds.